The Kier molecular flexibility index (Phi) is 6.12. The molecule has 2 aromatic carbocycles. The Morgan fingerprint density at radius 3 is 2.23 bits per heavy atom. The second-order valence-electron chi connectivity index (χ2n) is 6.23. The van der Waals surface area contributed by atoms with E-state index in [4.69, 9.17) is 4.74 Å². The number of isothiocyanates is 1. The molecule has 0 amide bonds. The van der Waals surface area contributed by atoms with Gasteiger partial charge >= 0.3 is 0 Å². The lowest BCUT2D eigenvalue weighted by Gasteiger charge is -2.11. The van der Waals surface area contributed by atoms with Crippen LogP contribution in [0, 0.1) is 29.4 Å². The highest BCUT2D eigenvalue weighted by atomic mass is 32.1. The van der Waals surface area contributed by atoms with Gasteiger partial charge in [0.25, 0.3) is 0 Å². The highest BCUT2D eigenvalue weighted by Gasteiger charge is 2.15. The number of halogens is 2. The van der Waals surface area contributed by atoms with Crippen molar-refractivity contribution in [2.75, 3.05) is 6.61 Å². The summed E-state index contributed by atoms with van der Waals surface area (Å²) >= 11 is 4.37. The van der Waals surface area contributed by atoms with E-state index in [0.29, 0.717) is 5.92 Å². The maximum atomic E-state index is 13.8. The van der Waals surface area contributed by atoms with Crippen molar-refractivity contribution < 1.29 is 13.5 Å². The molecule has 5 heteroatoms. The normalized spacial score (nSPS) is 13.6. The average molecular weight is 369 g/mol. The molecule has 1 aliphatic rings. The summed E-state index contributed by atoms with van der Waals surface area (Å²) in [4.78, 5) is 3.37. The fourth-order valence-electron chi connectivity index (χ4n) is 2.96. The summed E-state index contributed by atoms with van der Waals surface area (Å²) in [5, 5.41) is 1.96. The Balaban J connectivity index is 1.67. The molecule has 2 aromatic rings. The molecule has 1 aliphatic carbocycles. The van der Waals surface area contributed by atoms with Gasteiger partial charge in [-0.3, -0.25) is 0 Å². The topological polar surface area (TPSA) is 21.6 Å². The number of benzene rings is 2. The lowest BCUT2D eigenvalue weighted by atomic mass is 10.1. The predicted molar refractivity (Wildman–Crippen MR) is 101 cm³/mol. The van der Waals surface area contributed by atoms with Gasteiger partial charge in [0.2, 0.25) is 0 Å². The van der Waals surface area contributed by atoms with Gasteiger partial charge in [-0.1, -0.05) is 24.7 Å². The van der Waals surface area contributed by atoms with E-state index in [1.165, 1.54) is 25.7 Å². The van der Waals surface area contributed by atoms with Crippen LogP contribution in [-0.2, 0) is 0 Å². The first kappa shape index (κ1) is 18.3. The number of hydrogen-bond donors (Lipinski definition) is 0. The Morgan fingerprint density at radius 2 is 1.62 bits per heavy atom. The molecule has 132 valence electrons. The van der Waals surface area contributed by atoms with Gasteiger partial charge in [0, 0.05) is 11.1 Å². The van der Waals surface area contributed by atoms with Crippen LogP contribution < -0.4 is 4.74 Å². The third-order valence-corrected chi connectivity index (χ3v) is 4.43. The van der Waals surface area contributed by atoms with E-state index >= 15 is 0 Å². The number of nitrogens with zero attached hydrogens (tertiary/aromatic N) is 1. The van der Waals surface area contributed by atoms with Gasteiger partial charge in [0.15, 0.2) is 11.6 Å². The van der Waals surface area contributed by atoms with Crippen molar-refractivity contribution >= 4 is 23.1 Å². The molecule has 1 saturated carbocycles. The molecule has 0 spiro atoms. The first-order valence-electron chi connectivity index (χ1n) is 8.47. The quantitative estimate of drug-likeness (QED) is 0.394. The van der Waals surface area contributed by atoms with Crippen molar-refractivity contribution in [2.45, 2.75) is 25.7 Å². The standard InChI is InChI=1S/C21H17F2NOS/c22-19-11-17(12-20(23)21(19)24-14-26)6-5-15-7-9-18(10-8-15)25-13-16-3-1-2-4-16/h7-12,16H,1-4,13H2. The molecule has 0 aromatic heterocycles. The van der Waals surface area contributed by atoms with E-state index in [1.807, 2.05) is 29.4 Å². The summed E-state index contributed by atoms with van der Waals surface area (Å²) in [6, 6.07) is 9.62. The van der Waals surface area contributed by atoms with Crippen LogP contribution in [0.1, 0.15) is 36.8 Å². The molecule has 0 unspecified atom stereocenters. The van der Waals surface area contributed by atoms with Gasteiger partial charge in [0.05, 0.1) is 11.8 Å². The monoisotopic (exact) mass is 369 g/mol. The number of ether oxygens (including phenoxy) is 1. The minimum absolute atomic E-state index is 0.227. The van der Waals surface area contributed by atoms with Crippen LogP contribution in [0.3, 0.4) is 0 Å². The van der Waals surface area contributed by atoms with E-state index < -0.39 is 17.3 Å². The lowest BCUT2D eigenvalue weighted by molar-refractivity contribution is 0.252. The fraction of sp³-hybridized carbons (Fsp3) is 0.286. The number of thiocarbonyl (C=S) groups is 1. The summed E-state index contributed by atoms with van der Waals surface area (Å²) in [5.41, 5.74) is 0.513. The molecule has 26 heavy (non-hydrogen) atoms. The summed E-state index contributed by atoms with van der Waals surface area (Å²) in [7, 11) is 0. The van der Waals surface area contributed by atoms with E-state index in [-0.39, 0.29) is 5.56 Å². The van der Waals surface area contributed by atoms with Crippen LogP contribution in [0.25, 0.3) is 0 Å². The summed E-state index contributed by atoms with van der Waals surface area (Å²) in [6.45, 7) is 0.750. The minimum atomic E-state index is -0.817. The first-order valence-corrected chi connectivity index (χ1v) is 8.88. The maximum Gasteiger partial charge on any atom is 0.153 e. The van der Waals surface area contributed by atoms with Crippen molar-refractivity contribution in [1.29, 1.82) is 0 Å². The number of rotatable bonds is 4. The van der Waals surface area contributed by atoms with Crippen molar-refractivity contribution in [3.05, 3.63) is 59.2 Å². The van der Waals surface area contributed by atoms with Gasteiger partial charge in [0.1, 0.15) is 11.4 Å². The number of hydrogen-bond acceptors (Lipinski definition) is 3. The van der Waals surface area contributed by atoms with E-state index in [1.54, 1.807) is 0 Å². The van der Waals surface area contributed by atoms with E-state index in [0.717, 1.165) is 30.1 Å². The Bertz CT molecular complexity index is 863. The molecule has 0 N–H and O–H groups in total. The predicted octanol–water partition coefficient (Wildman–Crippen LogP) is 5.67. The smallest absolute Gasteiger partial charge is 0.153 e. The fourth-order valence-corrected chi connectivity index (χ4v) is 3.05. The second-order valence-corrected chi connectivity index (χ2v) is 6.41. The molecule has 1 fully saturated rings. The average Bonchev–Trinajstić information content (AvgIpc) is 3.16. The van der Waals surface area contributed by atoms with Gasteiger partial charge in [-0.15, -0.1) is 0 Å². The zero-order chi connectivity index (χ0) is 18.4. The van der Waals surface area contributed by atoms with Crippen LogP contribution in [0.2, 0.25) is 0 Å². The zero-order valence-electron chi connectivity index (χ0n) is 14.1. The van der Waals surface area contributed by atoms with Gasteiger partial charge in [-0.2, -0.15) is 4.99 Å². The van der Waals surface area contributed by atoms with Crippen molar-refractivity contribution in [2.24, 2.45) is 10.9 Å². The molecule has 3 rings (SSSR count). The third kappa shape index (κ3) is 4.76. The summed E-state index contributed by atoms with van der Waals surface area (Å²) < 4.78 is 33.4. The molecule has 0 radical (unpaired) electrons. The van der Waals surface area contributed by atoms with Gasteiger partial charge in [-0.05, 0) is 67.4 Å². The Morgan fingerprint density at radius 1 is 1.00 bits per heavy atom. The highest BCUT2D eigenvalue weighted by molar-refractivity contribution is 7.78. The van der Waals surface area contributed by atoms with E-state index in [9.17, 15) is 8.78 Å². The van der Waals surface area contributed by atoms with E-state index in [2.05, 4.69) is 29.1 Å². The van der Waals surface area contributed by atoms with Gasteiger partial charge < -0.3 is 4.74 Å². The van der Waals surface area contributed by atoms with Crippen LogP contribution in [0.4, 0.5) is 14.5 Å². The second kappa shape index (κ2) is 8.71. The van der Waals surface area contributed by atoms with Crippen LogP contribution in [-0.4, -0.2) is 11.8 Å². The molecule has 0 aliphatic heterocycles. The minimum Gasteiger partial charge on any atom is -0.493 e. The van der Waals surface area contributed by atoms with Crippen molar-refractivity contribution in [1.82, 2.24) is 0 Å². The maximum absolute atomic E-state index is 13.8. The summed E-state index contributed by atoms with van der Waals surface area (Å²) in [6.07, 6.45) is 5.07. The molecule has 0 bridgehead atoms. The van der Waals surface area contributed by atoms with Crippen molar-refractivity contribution in [3.8, 4) is 17.6 Å². The Labute approximate surface area is 156 Å². The van der Waals surface area contributed by atoms with Crippen LogP contribution in [0.5, 0.6) is 5.75 Å². The Hall–Kier alpha value is -2.54. The van der Waals surface area contributed by atoms with Crippen molar-refractivity contribution in [3.63, 3.8) is 0 Å². The molecular formula is C21H17F2NOS. The highest BCUT2D eigenvalue weighted by Crippen LogP contribution is 2.26. The SMILES string of the molecule is Fc1cc(C#Cc2ccc(OCC3CCCC3)cc2)cc(F)c1N=C=S. The largest absolute Gasteiger partial charge is 0.493 e. The van der Waals surface area contributed by atoms with Gasteiger partial charge in [-0.25, -0.2) is 8.78 Å². The summed E-state index contributed by atoms with van der Waals surface area (Å²) in [5.74, 6) is 5.46. The molecular weight excluding hydrogens is 352 g/mol. The molecule has 2 nitrogen and oxygen atoms in total. The number of aliphatic imine (C=N–C) groups is 1. The lowest BCUT2D eigenvalue weighted by Crippen LogP contribution is -2.07. The molecule has 0 atom stereocenters. The third-order valence-electron chi connectivity index (χ3n) is 4.34. The van der Waals surface area contributed by atoms with Crippen LogP contribution >= 0.6 is 12.2 Å². The zero-order valence-corrected chi connectivity index (χ0v) is 14.9. The first-order chi connectivity index (χ1) is 12.7. The molecule has 0 heterocycles. The molecule has 0 saturated heterocycles. The van der Waals surface area contributed by atoms with Crippen LogP contribution in [0.15, 0.2) is 41.4 Å².